The molecule has 3 nitrogen and oxygen atoms in total. The Morgan fingerprint density at radius 2 is 1.42 bits per heavy atom. The zero-order chi connectivity index (χ0) is 17.9. The Morgan fingerprint density at radius 1 is 0.917 bits per heavy atom. The van der Waals surface area contributed by atoms with Crippen molar-refractivity contribution in [1.29, 1.82) is 0 Å². The maximum atomic E-state index is 10.5. The molecule has 0 bridgehead atoms. The van der Waals surface area contributed by atoms with Crippen molar-refractivity contribution >= 4 is 28.7 Å². The highest BCUT2D eigenvalue weighted by molar-refractivity contribution is 14.1. The smallest absolute Gasteiger partial charge is 0.450 e. The van der Waals surface area contributed by atoms with Gasteiger partial charge < -0.3 is 9.84 Å². The summed E-state index contributed by atoms with van der Waals surface area (Å²) < 4.78 is 5.56. The van der Waals surface area contributed by atoms with Gasteiger partial charge in [0.25, 0.3) is 0 Å². The summed E-state index contributed by atoms with van der Waals surface area (Å²) in [6.45, 7) is 2.26. The van der Waals surface area contributed by atoms with E-state index in [0.717, 1.165) is 17.3 Å². The van der Waals surface area contributed by atoms with E-state index in [9.17, 15) is 4.79 Å². The van der Waals surface area contributed by atoms with E-state index in [-0.39, 0.29) is 6.10 Å². The zero-order valence-corrected chi connectivity index (χ0v) is 17.6. The van der Waals surface area contributed by atoms with Gasteiger partial charge in [0.2, 0.25) is 0 Å². The molecule has 0 heterocycles. The standard InChI is InChI=1S/C20H37IO3/c1-2-3-4-5-6-7-8-9-10-11-12-13-14-15-16-17-19(18-21)24-20(22)23/h9-10,19H,2-8,11-18H2,1H3,(H,22,23). The number of carboxylic acid groups (broad SMARTS) is 1. The molecular weight excluding hydrogens is 415 g/mol. The second kappa shape index (κ2) is 19.1. The fourth-order valence-electron chi connectivity index (χ4n) is 2.75. The number of ether oxygens (including phenoxy) is 1. The Bertz CT molecular complexity index is 305. The maximum Gasteiger partial charge on any atom is 0.506 e. The molecule has 1 unspecified atom stereocenters. The van der Waals surface area contributed by atoms with E-state index >= 15 is 0 Å². The summed E-state index contributed by atoms with van der Waals surface area (Å²) in [5.41, 5.74) is 0. The summed E-state index contributed by atoms with van der Waals surface area (Å²) >= 11 is 2.19. The number of rotatable bonds is 17. The minimum Gasteiger partial charge on any atom is -0.450 e. The first kappa shape index (κ1) is 23.7. The molecule has 0 saturated heterocycles. The Hall–Kier alpha value is -0.260. The lowest BCUT2D eigenvalue weighted by molar-refractivity contribution is 0.0577. The molecule has 0 radical (unpaired) electrons. The number of hydrogen-bond acceptors (Lipinski definition) is 2. The minimum atomic E-state index is -1.15. The fourth-order valence-corrected chi connectivity index (χ4v) is 3.37. The summed E-state index contributed by atoms with van der Waals surface area (Å²) in [4.78, 5) is 10.5. The lowest BCUT2D eigenvalue weighted by Crippen LogP contribution is -2.18. The van der Waals surface area contributed by atoms with Gasteiger partial charge in [-0.05, 0) is 38.5 Å². The molecule has 0 aliphatic heterocycles. The van der Waals surface area contributed by atoms with Crippen LogP contribution < -0.4 is 0 Å². The van der Waals surface area contributed by atoms with Crippen LogP contribution in [-0.2, 0) is 4.74 Å². The number of unbranched alkanes of at least 4 members (excludes halogenated alkanes) is 11. The van der Waals surface area contributed by atoms with E-state index in [4.69, 9.17) is 9.84 Å². The van der Waals surface area contributed by atoms with Crippen LogP contribution in [0.15, 0.2) is 12.2 Å². The van der Waals surface area contributed by atoms with Crippen molar-refractivity contribution in [2.24, 2.45) is 0 Å². The second-order valence-electron chi connectivity index (χ2n) is 6.53. The molecule has 1 N–H and O–H groups in total. The molecule has 0 saturated carbocycles. The van der Waals surface area contributed by atoms with E-state index in [1.165, 1.54) is 77.0 Å². The van der Waals surface area contributed by atoms with Crippen LogP contribution in [0.2, 0.25) is 0 Å². The van der Waals surface area contributed by atoms with Crippen LogP contribution in [0.4, 0.5) is 4.79 Å². The average molecular weight is 452 g/mol. The highest BCUT2D eigenvalue weighted by atomic mass is 127. The first-order chi connectivity index (χ1) is 11.7. The van der Waals surface area contributed by atoms with Gasteiger partial charge in [0.1, 0.15) is 6.10 Å². The Kier molecular flexibility index (Phi) is 18.9. The minimum absolute atomic E-state index is 0.131. The van der Waals surface area contributed by atoms with Crippen LogP contribution in [0.5, 0.6) is 0 Å². The molecule has 0 aromatic carbocycles. The molecule has 0 spiro atoms. The van der Waals surface area contributed by atoms with Gasteiger partial charge in [-0.2, -0.15) is 0 Å². The summed E-state index contributed by atoms with van der Waals surface area (Å²) in [5, 5.41) is 8.61. The highest BCUT2D eigenvalue weighted by Gasteiger charge is 2.11. The van der Waals surface area contributed by atoms with Crippen LogP contribution in [-0.4, -0.2) is 21.8 Å². The van der Waals surface area contributed by atoms with Crippen molar-refractivity contribution in [3.05, 3.63) is 12.2 Å². The van der Waals surface area contributed by atoms with E-state index in [1.807, 2.05) is 0 Å². The van der Waals surface area contributed by atoms with Gasteiger partial charge in [-0.1, -0.05) is 93.0 Å². The van der Waals surface area contributed by atoms with Crippen LogP contribution >= 0.6 is 22.6 Å². The quantitative estimate of drug-likeness (QED) is 0.0816. The summed E-state index contributed by atoms with van der Waals surface area (Å²) in [7, 11) is 0. The van der Waals surface area contributed by atoms with Crippen LogP contribution in [0, 0.1) is 0 Å². The highest BCUT2D eigenvalue weighted by Crippen LogP contribution is 2.13. The maximum absolute atomic E-state index is 10.5. The largest absolute Gasteiger partial charge is 0.506 e. The molecule has 0 aliphatic rings. The summed E-state index contributed by atoms with van der Waals surface area (Å²) in [6, 6.07) is 0. The van der Waals surface area contributed by atoms with Gasteiger partial charge in [0, 0.05) is 4.43 Å². The van der Waals surface area contributed by atoms with E-state index < -0.39 is 6.16 Å². The first-order valence-corrected chi connectivity index (χ1v) is 11.3. The third-order valence-corrected chi connectivity index (χ3v) is 5.21. The molecule has 1 atom stereocenters. The van der Waals surface area contributed by atoms with Crippen molar-refractivity contribution in [1.82, 2.24) is 0 Å². The van der Waals surface area contributed by atoms with Crippen LogP contribution in [0.1, 0.15) is 96.8 Å². The SMILES string of the molecule is CCCCCCCCC=CCCCCCCCC(CI)OC(=O)O. The molecule has 0 aliphatic carbocycles. The number of alkyl halides is 1. The van der Waals surface area contributed by atoms with Crippen LogP contribution in [0.25, 0.3) is 0 Å². The van der Waals surface area contributed by atoms with Gasteiger partial charge in [-0.3, -0.25) is 0 Å². The van der Waals surface area contributed by atoms with Crippen molar-refractivity contribution < 1.29 is 14.6 Å². The van der Waals surface area contributed by atoms with Crippen molar-refractivity contribution in [3.8, 4) is 0 Å². The molecule has 24 heavy (non-hydrogen) atoms. The molecule has 4 heteroatoms. The predicted molar refractivity (Wildman–Crippen MR) is 111 cm³/mol. The Morgan fingerprint density at radius 3 is 1.92 bits per heavy atom. The molecule has 0 rings (SSSR count). The van der Waals surface area contributed by atoms with Crippen LogP contribution in [0.3, 0.4) is 0 Å². The number of carbonyl (C=O) groups is 1. The van der Waals surface area contributed by atoms with Gasteiger partial charge in [0.15, 0.2) is 0 Å². The summed E-state index contributed by atoms with van der Waals surface area (Å²) in [5.74, 6) is 0. The van der Waals surface area contributed by atoms with Crippen molar-refractivity contribution in [2.75, 3.05) is 4.43 Å². The third-order valence-electron chi connectivity index (χ3n) is 4.23. The van der Waals surface area contributed by atoms with Gasteiger partial charge in [-0.15, -0.1) is 0 Å². The average Bonchev–Trinajstić information content (AvgIpc) is 2.56. The number of hydrogen-bond donors (Lipinski definition) is 1. The monoisotopic (exact) mass is 452 g/mol. The molecule has 0 amide bonds. The molecule has 142 valence electrons. The van der Waals surface area contributed by atoms with E-state index in [2.05, 4.69) is 41.7 Å². The van der Waals surface area contributed by atoms with Gasteiger partial charge >= 0.3 is 6.16 Å². The molecule has 0 aromatic rings. The fraction of sp³-hybridized carbons (Fsp3) is 0.850. The van der Waals surface area contributed by atoms with Crippen molar-refractivity contribution in [2.45, 2.75) is 103 Å². The Balaban J connectivity index is 3.27. The lowest BCUT2D eigenvalue weighted by Gasteiger charge is -2.12. The topological polar surface area (TPSA) is 46.5 Å². The second-order valence-corrected chi connectivity index (χ2v) is 7.41. The number of halogens is 1. The van der Waals surface area contributed by atoms with Crippen molar-refractivity contribution in [3.63, 3.8) is 0 Å². The van der Waals surface area contributed by atoms with E-state index in [1.54, 1.807) is 0 Å². The number of allylic oxidation sites excluding steroid dienone is 2. The lowest BCUT2D eigenvalue weighted by atomic mass is 10.1. The summed E-state index contributed by atoms with van der Waals surface area (Å²) in [6.07, 6.45) is 21.0. The normalized spacial score (nSPS) is 12.6. The molecule has 0 aromatic heterocycles. The first-order valence-electron chi connectivity index (χ1n) is 9.81. The van der Waals surface area contributed by atoms with Gasteiger partial charge in [-0.25, -0.2) is 4.79 Å². The van der Waals surface area contributed by atoms with E-state index in [0.29, 0.717) is 0 Å². The zero-order valence-electron chi connectivity index (χ0n) is 15.5. The third kappa shape index (κ3) is 18.1. The van der Waals surface area contributed by atoms with Gasteiger partial charge in [0.05, 0.1) is 0 Å². The Labute approximate surface area is 162 Å². The predicted octanol–water partition coefficient (Wildman–Crippen LogP) is 7.52. The molecule has 0 fully saturated rings. The molecular formula is C20H37IO3.